The Morgan fingerprint density at radius 1 is 1.07 bits per heavy atom. The van der Waals surface area contributed by atoms with Gasteiger partial charge in [-0.3, -0.25) is 9.59 Å². The van der Waals surface area contributed by atoms with Crippen molar-refractivity contribution < 1.29 is 14.3 Å². The van der Waals surface area contributed by atoms with Gasteiger partial charge >= 0.3 is 0 Å². The summed E-state index contributed by atoms with van der Waals surface area (Å²) in [6.45, 7) is 4.54. The van der Waals surface area contributed by atoms with Crippen molar-refractivity contribution in [2.75, 3.05) is 37.7 Å². The van der Waals surface area contributed by atoms with Crippen LogP contribution in [0.1, 0.15) is 17.3 Å². The van der Waals surface area contributed by atoms with Crippen molar-refractivity contribution in [3.05, 3.63) is 48.2 Å². The monoisotopic (exact) mass is 379 g/mol. The lowest BCUT2D eigenvalue weighted by molar-refractivity contribution is -0.126. The number of anilines is 1. The number of piperazine rings is 1. The molecule has 0 bridgehead atoms. The molecule has 1 N–H and O–H groups in total. The molecule has 0 aliphatic carbocycles. The molecule has 3 heterocycles. The van der Waals surface area contributed by atoms with Crippen LogP contribution in [0.3, 0.4) is 0 Å². The Morgan fingerprint density at radius 2 is 1.86 bits per heavy atom. The van der Waals surface area contributed by atoms with Crippen molar-refractivity contribution in [3.63, 3.8) is 0 Å². The van der Waals surface area contributed by atoms with Gasteiger partial charge in [0.25, 0.3) is 11.7 Å². The van der Waals surface area contributed by atoms with E-state index in [9.17, 15) is 9.59 Å². The first kappa shape index (κ1) is 18.0. The van der Waals surface area contributed by atoms with E-state index in [2.05, 4.69) is 15.2 Å². The number of carbonyl (C=O) groups is 2. The standard InChI is InChI=1S/C20H21N5O3/c1-2-28-18-8-7-17(22-23-18)24-9-11-25(12-10-24)20(27)19(26)15-13-21-16-6-4-3-5-14(15)16/h3-8,13,21H,2,9-12H2,1H3. The van der Waals surface area contributed by atoms with E-state index in [0.717, 1.165) is 16.7 Å². The Hall–Kier alpha value is -3.42. The molecule has 0 spiro atoms. The SMILES string of the molecule is CCOc1ccc(N2CCN(C(=O)C(=O)c3c[nH]c4ccccc34)CC2)nn1. The predicted octanol–water partition coefficient (Wildman–Crippen LogP) is 1.89. The normalized spacial score (nSPS) is 14.3. The smallest absolute Gasteiger partial charge is 0.295 e. The minimum Gasteiger partial charge on any atom is -0.477 e. The van der Waals surface area contributed by atoms with Crippen molar-refractivity contribution in [1.29, 1.82) is 0 Å². The van der Waals surface area contributed by atoms with Crippen molar-refractivity contribution >= 4 is 28.4 Å². The lowest BCUT2D eigenvalue weighted by atomic mass is 10.1. The lowest BCUT2D eigenvalue weighted by Gasteiger charge is -2.34. The molecular weight excluding hydrogens is 358 g/mol. The lowest BCUT2D eigenvalue weighted by Crippen LogP contribution is -2.50. The third kappa shape index (κ3) is 3.40. The number of H-pyrrole nitrogens is 1. The van der Waals surface area contributed by atoms with E-state index in [1.165, 1.54) is 0 Å². The molecule has 144 valence electrons. The Balaban J connectivity index is 1.40. The van der Waals surface area contributed by atoms with E-state index in [1.807, 2.05) is 42.2 Å². The number of ether oxygens (including phenoxy) is 1. The van der Waals surface area contributed by atoms with Crippen LogP contribution in [0.15, 0.2) is 42.6 Å². The summed E-state index contributed by atoms with van der Waals surface area (Å²) >= 11 is 0. The number of fused-ring (bicyclic) bond motifs is 1. The first-order valence-electron chi connectivity index (χ1n) is 9.28. The van der Waals surface area contributed by atoms with Crippen molar-refractivity contribution in [1.82, 2.24) is 20.1 Å². The van der Waals surface area contributed by atoms with Gasteiger partial charge in [0, 0.05) is 49.3 Å². The van der Waals surface area contributed by atoms with Crippen molar-refractivity contribution in [2.45, 2.75) is 6.92 Å². The summed E-state index contributed by atoms with van der Waals surface area (Å²) in [6, 6.07) is 11.1. The maximum atomic E-state index is 12.7. The second-order valence-corrected chi connectivity index (χ2v) is 6.52. The number of amides is 1. The number of carbonyl (C=O) groups excluding carboxylic acids is 2. The summed E-state index contributed by atoms with van der Waals surface area (Å²) in [5.41, 5.74) is 1.26. The van der Waals surface area contributed by atoms with Crippen LogP contribution >= 0.6 is 0 Å². The zero-order valence-corrected chi connectivity index (χ0v) is 15.6. The quantitative estimate of drug-likeness (QED) is 0.538. The van der Waals surface area contributed by atoms with Gasteiger partial charge in [-0.05, 0) is 19.1 Å². The Morgan fingerprint density at radius 3 is 2.57 bits per heavy atom. The highest BCUT2D eigenvalue weighted by atomic mass is 16.5. The molecule has 1 aliphatic heterocycles. The number of ketones is 1. The number of Topliss-reactive ketones (excluding diaryl/α,β-unsaturated/α-hetero) is 1. The fourth-order valence-electron chi connectivity index (χ4n) is 3.36. The molecule has 1 aromatic carbocycles. The van der Waals surface area contributed by atoms with Crippen LogP contribution in [0.2, 0.25) is 0 Å². The summed E-state index contributed by atoms with van der Waals surface area (Å²) in [5, 5.41) is 8.98. The number of hydrogen-bond acceptors (Lipinski definition) is 6. The zero-order chi connectivity index (χ0) is 19.5. The number of rotatable bonds is 5. The largest absolute Gasteiger partial charge is 0.477 e. The fraction of sp³-hybridized carbons (Fsp3) is 0.300. The number of benzene rings is 1. The molecular formula is C20H21N5O3. The number of hydrogen-bond donors (Lipinski definition) is 1. The summed E-state index contributed by atoms with van der Waals surface area (Å²) in [4.78, 5) is 32.1. The van der Waals surface area contributed by atoms with Gasteiger partial charge in [0.1, 0.15) is 0 Å². The zero-order valence-electron chi connectivity index (χ0n) is 15.6. The number of nitrogens with one attached hydrogen (secondary N) is 1. The topological polar surface area (TPSA) is 91.4 Å². The molecule has 8 heteroatoms. The number of aromatic nitrogens is 3. The summed E-state index contributed by atoms with van der Waals surface area (Å²) in [5.74, 6) is 0.275. The van der Waals surface area contributed by atoms with Crippen LogP contribution in [0, 0.1) is 0 Å². The summed E-state index contributed by atoms with van der Waals surface area (Å²) in [7, 11) is 0. The van der Waals surface area contributed by atoms with Gasteiger partial charge in [0.2, 0.25) is 5.88 Å². The van der Waals surface area contributed by atoms with Gasteiger partial charge < -0.3 is 19.5 Å². The first-order chi connectivity index (χ1) is 13.7. The summed E-state index contributed by atoms with van der Waals surface area (Å²) < 4.78 is 5.30. The van der Waals surface area contributed by atoms with E-state index in [4.69, 9.17) is 4.74 Å². The average molecular weight is 379 g/mol. The van der Waals surface area contributed by atoms with E-state index < -0.39 is 11.7 Å². The van der Waals surface area contributed by atoms with Gasteiger partial charge in [0.15, 0.2) is 5.82 Å². The number of para-hydroxylation sites is 1. The van der Waals surface area contributed by atoms with Gasteiger partial charge in [0.05, 0.1) is 12.2 Å². The highest BCUT2D eigenvalue weighted by molar-refractivity contribution is 6.44. The first-order valence-corrected chi connectivity index (χ1v) is 9.28. The molecule has 1 amide bonds. The second kappa shape index (κ2) is 7.67. The second-order valence-electron chi connectivity index (χ2n) is 6.52. The van der Waals surface area contributed by atoms with Crippen LogP contribution in [-0.4, -0.2) is 64.6 Å². The van der Waals surface area contributed by atoms with Gasteiger partial charge in [-0.15, -0.1) is 10.2 Å². The average Bonchev–Trinajstić information content (AvgIpc) is 3.18. The Bertz CT molecular complexity index is 991. The number of aromatic amines is 1. The summed E-state index contributed by atoms with van der Waals surface area (Å²) in [6.07, 6.45) is 1.61. The van der Waals surface area contributed by atoms with Gasteiger partial charge in [-0.2, -0.15) is 0 Å². The molecule has 1 saturated heterocycles. The van der Waals surface area contributed by atoms with E-state index in [1.54, 1.807) is 17.2 Å². The minimum atomic E-state index is -0.480. The minimum absolute atomic E-state index is 0.417. The predicted molar refractivity (Wildman–Crippen MR) is 105 cm³/mol. The van der Waals surface area contributed by atoms with Gasteiger partial charge in [-0.1, -0.05) is 18.2 Å². The van der Waals surface area contributed by atoms with Gasteiger partial charge in [-0.25, -0.2) is 0 Å². The highest BCUT2D eigenvalue weighted by Crippen LogP contribution is 2.20. The molecule has 1 fully saturated rings. The van der Waals surface area contributed by atoms with Crippen LogP contribution < -0.4 is 9.64 Å². The molecule has 0 radical (unpaired) electrons. The van der Waals surface area contributed by atoms with Crippen LogP contribution in [0.25, 0.3) is 10.9 Å². The molecule has 0 saturated carbocycles. The van der Waals surface area contributed by atoms with E-state index >= 15 is 0 Å². The third-order valence-corrected chi connectivity index (χ3v) is 4.84. The van der Waals surface area contributed by atoms with Crippen molar-refractivity contribution in [3.8, 4) is 5.88 Å². The maximum Gasteiger partial charge on any atom is 0.295 e. The van der Waals surface area contributed by atoms with E-state index in [0.29, 0.717) is 44.2 Å². The number of nitrogens with zero attached hydrogens (tertiary/aromatic N) is 4. The third-order valence-electron chi connectivity index (χ3n) is 4.84. The van der Waals surface area contributed by atoms with Crippen LogP contribution in [-0.2, 0) is 4.79 Å². The fourth-order valence-corrected chi connectivity index (χ4v) is 3.36. The molecule has 0 atom stereocenters. The molecule has 8 nitrogen and oxygen atoms in total. The maximum absolute atomic E-state index is 12.7. The molecule has 2 aromatic heterocycles. The Kier molecular flexibility index (Phi) is 4.92. The van der Waals surface area contributed by atoms with Crippen LogP contribution in [0.4, 0.5) is 5.82 Å². The molecule has 0 unspecified atom stereocenters. The molecule has 3 aromatic rings. The Labute approximate surface area is 162 Å². The highest BCUT2D eigenvalue weighted by Gasteiger charge is 2.28. The van der Waals surface area contributed by atoms with Crippen molar-refractivity contribution in [2.24, 2.45) is 0 Å². The molecule has 28 heavy (non-hydrogen) atoms. The van der Waals surface area contributed by atoms with Crippen LogP contribution in [0.5, 0.6) is 5.88 Å². The molecule has 4 rings (SSSR count). The molecule has 1 aliphatic rings. The van der Waals surface area contributed by atoms with E-state index in [-0.39, 0.29) is 0 Å².